The number of rotatable bonds is 3. The van der Waals surface area contributed by atoms with Crippen LogP contribution in [-0.4, -0.2) is 20.8 Å². The molecule has 0 bridgehead atoms. The average Bonchev–Trinajstić information content (AvgIpc) is 2.65. The lowest BCUT2D eigenvalue weighted by molar-refractivity contribution is 0.182. The van der Waals surface area contributed by atoms with Gasteiger partial charge in [-0.2, -0.15) is 0 Å². The molecule has 19 heavy (non-hydrogen) atoms. The SMILES string of the molecule is C#C[C@@H]1O[Si](C(C)(C)C)(C(C)(C)C)O[C@H]1CCC=C. The molecule has 1 aliphatic rings. The Hall–Kier alpha value is -0.563. The lowest BCUT2D eigenvalue weighted by Crippen LogP contribution is -2.54. The maximum atomic E-state index is 6.51. The maximum absolute atomic E-state index is 6.51. The predicted molar refractivity (Wildman–Crippen MR) is 83.2 cm³/mol. The van der Waals surface area contributed by atoms with Crippen molar-refractivity contribution in [3.8, 4) is 12.3 Å². The summed E-state index contributed by atoms with van der Waals surface area (Å²) >= 11 is 0. The largest absolute Gasteiger partial charge is 0.387 e. The molecule has 2 nitrogen and oxygen atoms in total. The molecule has 0 aromatic carbocycles. The van der Waals surface area contributed by atoms with Gasteiger partial charge in [0.15, 0.2) is 0 Å². The Balaban J connectivity index is 3.11. The highest BCUT2D eigenvalue weighted by molar-refractivity contribution is 6.74. The number of hydrogen-bond donors (Lipinski definition) is 0. The molecule has 0 radical (unpaired) electrons. The summed E-state index contributed by atoms with van der Waals surface area (Å²) in [7, 11) is -2.41. The monoisotopic (exact) mass is 280 g/mol. The zero-order valence-electron chi connectivity index (χ0n) is 13.2. The van der Waals surface area contributed by atoms with Gasteiger partial charge in [-0.1, -0.05) is 53.5 Å². The van der Waals surface area contributed by atoms with E-state index in [1.165, 1.54) is 0 Å². The van der Waals surface area contributed by atoms with Gasteiger partial charge in [0.25, 0.3) is 0 Å². The van der Waals surface area contributed by atoms with E-state index in [9.17, 15) is 0 Å². The van der Waals surface area contributed by atoms with Gasteiger partial charge < -0.3 is 8.85 Å². The Bertz CT molecular complexity index is 354. The van der Waals surface area contributed by atoms with E-state index in [2.05, 4.69) is 54.0 Å². The van der Waals surface area contributed by atoms with Crippen LogP contribution in [0.5, 0.6) is 0 Å². The molecular formula is C16H28O2Si. The van der Waals surface area contributed by atoms with Crippen LogP contribution in [-0.2, 0) is 8.85 Å². The first-order chi connectivity index (χ1) is 8.59. The lowest BCUT2D eigenvalue weighted by Gasteiger charge is -2.45. The summed E-state index contributed by atoms with van der Waals surface area (Å²) in [6, 6.07) is 0. The Morgan fingerprint density at radius 1 is 1.16 bits per heavy atom. The van der Waals surface area contributed by atoms with E-state index in [4.69, 9.17) is 15.3 Å². The van der Waals surface area contributed by atoms with Crippen molar-refractivity contribution in [2.75, 3.05) is 0 Å². The Kier molecular flexibility index (Phi) is 4.72. The average molecular weight is 280 g/mol. The minimum absolute atomic E-state index is 0.00752. The molecule has 0 aliphatic carbocycles. The molecule has 3 heteroatoms. The van der Waals surface area contributed by atoms with E-state index in [0.29, 0.717) is 0 Å². The second kappa shape index (κ2) is 5.44. The summed E-state index contributed by atoms with van der Waals surface area (Å²) in [5, 5.41) is -0.0213. The second-order valence-corrected chi connectivity index (χ2v) is 12.0. The molecule has 0 saturated carbocycles. The van der Waals surface area contributed by atoms with Gasteiger partial charge in [0.05, 0.1) is 6.10 Å². The van der Waals surface area contributed by atoms with Gasteiger partial charge in [-0.25, -0.2) is 0 Å². The molecule has 1 fully saturated rings. The summed E-state index contributed by atoms with van der Waals surface area (Å²) in [5.74, 6) is 2.78. The molecule has 0 amide bonds. The van der Waals surface area contributed by atoms with Gasteiger partial charge in [0, 0.05) is 10.1 Å². The molecular weight excluding hydrogens is 252 g/mol. The molecule has 0 N–H and O–H groups in total. The fraction of sp³-hybridized carbons (Fsp3) is 0.750. The third kappa shape index (κ3) is 2.96. The van der Waals surface area contributed by atoms with Crippen molar-refractivity contribution in [2.45, 2.75) is 76.7 Å². The standard InChI is InChI=1S/C16H28O2Si/c1-9-11-12-14-13(10-2)17-19(18-14,15(3,4)5)16(6,7)8/h2,9,13-14H,1,11-12H2,3-8H3/t13-,14-/m0/s1. The molecule has 2 atom stereocenters. The number of hydrogen-bond acceptors (Lipinski definition) is 2. The minimum atomic E-state index is -2.41. The molecule has 1 aliphatic heterocycles. The maximum Gasteiger partial charge on any atom is 0.350 e. The molecule has 0 unspecified atom stereocenters. The van der Waals surface area contributed by atoms with Crippen LogP contribution in [0.25, 0.3) is 0 Å². The van der Waals surface area contributed by atoms with Crippen LogP contribution in [0.3, 0.4) is 0 Å². The van der Waals surface area contributed by atoms with Crippen LogP contribution in [0.15, 0.2) is 12.7 Å². The Morgan fingerprint density at radius 3 is 2.05 bits per heavy atom. The number of terminal acetylenes is 1. The topological polar surface area (TPSA) is 18.5 Å². The lowest BCUT2D eigenvalue weighted by atomic mass is 10.1. The smallest absolute Gasteiger partial charge is 0.350 e. The van der Waals surface area contributed by atoms with E-state index in [-0.39, 0.29) is 22.3 Å². The van der Waals surface area contributed by atoms with Crippen LogP contribution in [0.1, 0.15) is 54.4 Å². The minimum Gasteiger partial charge on any atom is -0.387 e. The highest BCUT2D eigenvalue weighted by Gasteiger charge is 2.64. The van der Waals surface area contributed by atoms with Crippen molar-refractivity contribution < 1.29 is 8.85 Å². The van der Waals surface area contributed by atoms with Crippen molar-refractivity contribution >= 4 is 8.56 Å². The van der Waals surface area contributed by atoms with E-state index >= 15 is 0 Å². The van der Waals surface area contributed by atoms with Crippen LogP contribution < -0.4 is 0 Å². The van der Waals surface area contributed by atoms with Crippen LogP contribution in [0.2, 0.25) is 10.1 Å². The summed E-state index contributed by atoms with van der Waals surface area (Å²) in [6.45, 7) is 17.0. The molecule has 1 heterocycles. The van der Waals surface area contributed by atoms with E-state index < -0.39 is 8.56 Å². The van der Waals surface area contributed by atoms with Crippen LogP contribution in [0.4, 0.5) is 0 Å². The van der Waals surface area contributed by atoms with Crippen LogP contribution >= 0.6 is 0 Å². The zero-order chi connectivity index (χ0) is 14.9. The third-order valence-corrected chi connectivity index (χ3v) is 8.91. The van der Waals surface area contributed by atoms with Crippen molar-refractivity contribution in [2.24, 2.45) is 0 Å². The normalized spacial score (nSPS) is 27.0. The molecule has 108 valence electrons. The van der Waals surface area contributed by atoms with Gasteiger partial charge in [-0.3, -0.25) is 0 Å². The van der Waals surface area contributed by atoms with Crippen molar-refractivity contribution in [3.63, 3.8) is 0 Å². The molecule has 0 aromatic rings. The Labute approximate surface area is 119 Å². The van der Waals surface area contributed by atoms with E-state index in [1.807, 2.05) is 6.08 Å². The van der Waals surface area contributed by atoms with Crippen LogP contribution in [0, 0.1) is 12.3 Å². The molecule has 1 saturated heterocycles. The summed E-state index contributed by atoms with van der Waals surface area (Å²) in [4.78, 5) is 0. The molecule has 0 aromatic heterocycles. The molecule has 1 rings (SSSR count). The third-order valence-electron chi connectivity index (χ3n) is 3.74. The van der Waals surface area contributed by atoms with E-state index in [1.54, 1.807) is 0 Å². The first kappa shape index (κ1) is 16.5. The van der Waals surface area contributed by atoms with Gasteiger partial charge >= 0.3 is 8.56 Å². The summed E-state index contributed by atoms with van der Waals surface area (Å²) in [5.41, 5.74) is 0. The van der Waals surface area contributed by atoms with Crippen molar-refractivity contribution in [3.05, 3.63) is 12.7 Å². The summed E-state index contributed by atoms with van der Waals surface area (Å²) < 4.78 is 12.9. The summed E-state index contributed by atoms with van der Waals surface area (Å²) in [6.07, 6.45) is 9.14. The highest BCUT2D eigenvalue weighted by atomic mass is 28.4. The number of allylic oxidation sites excluding steroid dienone is 1. The molecule has 0 spiro atoms. The van der Waals surface area contributed by atoms with Gasteiger partial charge in [-0.15, -0.1) is 13.0 Å². The first-order valence-electron chi connectivity index (χ1n) is 7.02. The fourth-order valence-corrected chi connectivity index (χ4v) is 7.99. The van der Waals surface area contributed by atoms with Gasteiger partial charge in [0.1, 0.15) is 6.10 Å². The fourth-order valence-electron chi connectivity index (χ4n) is 3.02. The van der Waals surface area contributed by atoms with Gasteiger partial charge in [-0.05, 0) is 12.8 Å². The van der Waals surface area contributed by atoms with Crippen molar-refractivity contribution in [1.29, 1.82) is 0 Å². The van der Waals surface area contributed by atoms with Crippen molar-refractivity contribution in [1.82, 2.24) is 0 Å². The highest BCUT2D eigenvalue weighted by Crippen LogP contribution is 2.56. The van der Waals surface area contributed by atoms with E-state index in [0.717, 1.165) is 12.8 Å². The zero-order valence-corrected chi connectivity index (χ0v) is 14.2. The second-order valence-electron chi connectivity index (χ2n) is 7.34. The van der Waals surface area contributed by atoms with Gasteiger partial charge in [0.2, 0.25) is 0 Å². The predicted octanol–water partition coefficient (Wildman–Crippen LogP) is 4.41. The Morgan fingerprint density at radius 2 is 1.68 bits per heavy atom. The first-order valence-corrected chi connectivity index (χ1v) is 8.83. The quantitative estimate of drug-likeness (QED) is 0.433.